The fourth-order valence-electron chi connectivity index (χ4n) is 4.24. The molecule has 0 N–H and O–H groups in total. The van der Waals surface area contributed by atoms with Crippen LogP contribution in [0.4, 0.5) is 0 Å². The third-order valence-corrected chi connectivity index (χ3v) is 7.10. The van der Waals surface area contributed by atoms with E-state index < -0.39 is 0 Å². The summed E-state index contributed by atoms with van der Waals surface area (Å²) in [4.78, 5) is 0. The van der Waals surface area contributed by atoms with E-state index in [1.807, 2.05) is 6.07 Å². The van der Waals surface area contributed by atoms with Gasteiger partial charge in [0.05, 0.1) is 0 Å². The van der Waals surface area contributed by atoms with Gasteiger partial charge < -0.3 is 24.8 Å². The Bertz CT molecular complexity index is 1230. The minimum Gasteiger partial charge on any atom is -1.00 e. The molecule has 0 radical (unpaired) electrons. The SMILES string of the molecule is CCc1cc(C(C)(C)C)c[cH-]1.C[C](=[Zr+2])c1ccccc1.Cc1[c-]c2c(cc1)-c1ccc(C)cc1C2.[Cl-].[Cl-]. The van der Waals surface area contributed by atoms with E-state index in [4.69, 9.17) is 0 Å². The Kier molecular flexibility index (Phi) is 13.6. The molecule has 0 atom stereocenters. The number of halogens is 2. The van der Waals surface area contributed by atoms with Crippen LogP contribution in [0.2, 0.25) is 0 Å². The van der Waals surface area contributed by atoms with Crippen molar-refractivity contribution in [2.75, 3.05) is 0 Å². The number of rotatable bonds is 2. The zero-order chi connectivity index (χ0) is 25.6. The van der Waals surface area contributed by atoms with Crippen molar-refractivity contribution in [2.24, 2.45) is 0 Å². The maximum absolute atomic E-state index is 3.45. The van der Waals surface area contributed by atoms with Gasteiger partial charge in [-0.1, -0.05) is 75.8 Å². The van der Waals surface area contributed by atoms with Crippen LogP contribution in [0.5, 0.6) is 0 Å². The fraction of sp³-hybridized carbons (Fsp3) is 0.294. The van der Waals surface area contributed by atoms with Crippen LogP contribution in [0.25, 0.3) is 11.1 Å². The molecule has 1 aliphatic carbocycles. The van der Waals surface area contributed by atoms with E-state index >= 15 is 0 Å². The van der Waals surface area contributed by atoms with Gasteiger partial charge in [0, 0.05) is 0 Å². The molecular weight excluding hydrogens is 571 g/mol. The first-order valence-corrected chi connectivity index (χ1v) is 13.8. The topological polar surface area (TPSA) is 0 Å². The van der Waals surface area contributed by atoms with Crippen molar-refractivity contribution in [2.45, 2.75) is 66.7 Å². The number of fused-ring (bicyclic) bond motifs is 3. The van der Waals surface area contributed by atoms with Gasteiger partial charge in [0.15, 0.2) is 0 Å². The average Bonchev–Trinajstić information content (AvgIpc) is 3.44. The summed E-state index contributed by atoms with van der Waals surface area (Å²) in [6.07, 6.45) is 2.20. The zero-order valence-electron chi connectivity index (χ0n) is 23.2. The molecule has 0 saturated carbocycles. The molecular formula is C34H38Cl2Zr-2. The Morgan fingerprint density at radius 1 is 0.919 bits per heavy atom. The molecule has 4 aromatic rings. The first-order valence-electron chi connectivity index (χ1n) is 12.6. The maximum Gasteiger partial charge on any atom is -0.0253 e. The normalized spacial score (nSPS) is 10.8. The van der Waals surface area contributed by atoms with Gasteiger partial charge >= 0.3 is 70.3 Å². The van der Waals surface area contributed by atoms with Crippen molar-refractivity contribution in [3.8, 4) is 11.1 Å². The molecule has 0 spiro atoms. The summed E-state index contributed by atoms with van der Waals surface area (Å²) in [5, 5.41) is 0. The van der Waals surface area contributed by atoms with E-state index in [0.29, 0.717) is 5.41 Å². The van der Waals surface area contributed by atoms with Crippen molar-refractivity contribution in [1.29, 1.82) is 0 Å². The molecule has 194 valence electrons. The summed E-state index contributed by atoms with van der Waals surface area (Å²) in [5.74, 6) is 0. The Hall–Kier alpha value is -1.66. The molecule has 0 unspecified atom stereocenters. The molecule has 0 heterocycles. The Morgan fingerprint density at radius 3 is 2.08 bits per heavy atom. The van der Waals surface area contributed by atoms with Crippen molar-refractivity contribution in [1.82, 2.24) is 0 Å². The van der Waals surface area contributed by atoms with Gasteiger partial charge in [-0.3, -0.25) is 0 Å². The molecule has 0 amide bonds. The van der Waals surface area contributed by atoms with Gasteiger partial charge in [0.25, 0.3) is 0 Å². The molecule has 4 aromatic carbocycles. The molecule has 1 aliphatic rings. The summed E-state index contributed by atoms with van der Waals surface area (Å²) in [6, 6.07) is 31.8. The number of hydrogen-bond donors (Lipinski definition) is 0. The number of aryl methyl sites for hydroxylation is 3. The van der Waals surface area contributed by atoms with Gasteiger partial charge in [-0.25, -0.2) is 6.07 Å². The average molecular weight is 609 g/mol. The summed E-state index contributed by atoms with van der Waals surface area (Å²) in [5.41, 5.74) is 12.7. The first kappa shape index (κ1) is 33.4. The summed E-state index contributed by atoms with van der Waals surface area (Å²) < 4.78 is 1.46. The van der Waals surface area contributed by atoms with Gasteiger partial charge in [-0.15, -0.1) is 11.1 Å². The molecule has 37 heavy (non-hydrogen) atoms. The van der Waals surface area contributed by atoms with Crippen LogP contribution in [-0.4, -0.2) is 3.21 Å². The molecule has 0 bridgehead atoms. The minimum atomic E-state index is 0. The van der Waals surface area contributed by atoms with Crippen LogP contribution in [-0.2, 0) is 42.5 Å². The number of hydrogen-bond acceptors (Lipinski definition) is 0. The van der Waals surface area contributed by atoms with Crippen molar-refractivity contribution in [3.05, 3.63) is 124 Å². The van der Waals surface area contributed by atoms with Crippen molar-refractivity contribution < 1.29 is 49.0 Å². The third kappa shape index (κ3) is 9.55. The molecule has 0 fully saturated rings. The standard InChI is InChI=1S/C15H13.C11H17.C8H8.2ClH.Zr/c1-10-3-5-14-12(7-10)9-13-8-11(2)4-6-15(13)14;1-5-9-6-7-10(8-9)11(2,3)4;1-2-8-6-4-3-5-7-8;;;/h3-7H,9H2,1-2H3;6-8H,5H2,1-4H3;3-7H,1H3;2*1H;/q2*-1;;;;+2/p-2. The largest absolute Gasteiger partial charge is 1.00 e. The van der Waals surface area contributed by atoms with Crippen molar-refractivity contribution in [3.63, 3.8) is 0 Å². The second-order valence-electron chi connectivity index (χ2n) is 10.5. The zero-order valence-corrected chi connectivity index (χ0v) is 27.1. The monoisotopic (exact) mass is 606 g/mol. The maximum atomic E-state index is 3.45. The Balaban J connectivity index is 0.000000281. The van der Waals surface area contributed by atoms with E-state index in [9.17, 15) is 0 Å². The van der Waals surface area contributed by atoms with Crippen LogP contribution in [0.15, 0.2) is 78.9 Å². The van der Waals surface area contributed by atoms with Crippen LogP contribution >= 0.6 is 0 Å². The minimum absolute atomic E-state index is 0. The Labute approximate surface area is 252 Å². The van der Waals surface area contributed by atoms with E-state index in [-0.39, 0.29) is 24.8 Å². The third-order valence-electron chi connectivity index (χ3n) is 6.39. The van der Waals surface area contributed by atoms with Crippen LogP contribution in [0.1, 0.15) is 73.6 Å². The quantitative estimate of drug-likeness (QED) is 0.271. The predicted molar refractivity (Wildman–Crippen MR) is 149 cm³/mol. The fourth-order valence-corrected chi connectivity index (χ4v) is 4.65. The molecule has 0 aromatic heterocycles. The number of benzene rings is 3. The van der Waals surface area contributed by atoms with E-state index in [0.717, 1.165) is 12.8 Å². The van der Waals surface area contributed by atoms with Gasteiger partial charge in [0.1, 0.15) is 0 Å². The van der Waals surface area contributed by atoms with Gasteiger partial charge in [-0.2, -0.15) is 47.0 Å². The molecule has 5 rings (SSSR count). The molecule has 0 saturated heterocycles. The van der Waals surface area contributed by atoms with Crippen LogP contribution in [0.3, 0.4) is 0 Å². The van der Waals surface area contributed by atoms with Gasteiger partial charge in [0.2, 0.25) is 0 Å². The smallest absolute Gasteiger partial charge is 0.0253 e. The Morgan fingerprint density at radius 2 is 1.57 bits per heavy atom. The molecule has 3 heteroatoms. The molecule has 0 nitrogen and oxygen atoms in total. The van der Waals surface area contributed by atoms with E-state index in [1.54, 1.807) is 0 Å². The summed E-state index contributed by atoms with van der Waals surface area (Å²) >= 11 is 1.51. The summed E-state index contributed by atoms with van der Waals surface area (Å²) in [7, 11) is 0. The van der Waals surface area contributed by atoms with Gasteiger partial charge in [-0.05, 0) is 18.9 Å². The summed E-state index contributed by atoms with van der Waals surface area (Å²) in [6.45, 7) is 15.4. The first-order chi connectivity index (χ1) is 16.6. The van der Waals surface area contributed by atoms with Crippen molar-refractivity contribution >= 4 is 3.21 Å². The molecule has 0 aliphatic heterocycles. The van der Waals surface area contributed by atoms with Crippen LogP contribution in [0, 0.1) is 19.9 Å². The second kappa shape index (κ2) is 15.1. The van der Waals surface area contributed by atoms with E-state index in [2.05, 4.69) is 127 Å². The van der Waals surface area contributed by atoms with E-state index in [1.165, 1.54) is 77.5 Å². The van der Waals surface area contributed by atoms with Crippen LogP contribution < -0.4 is 24.8 Å². The predicted octanol–water partition coefficient (Wildman–Crippen LogP) is 2.72. The second-order valence-corrected chi connectivity index (χ2v) is 12.3.